The summed E-state index contributed by atoms with van der Waals surface area (Å²) in [6, 6.07) is 9.63. The molecular formula is C11H12N2O6S2. The van der Waals surface area contributed by atoms with Crippen LogP contribution in [-0.2, 0) is 20.2 Å². The van der Waals surface area contributed by atoms with E-state index in [0.717, 1.165) is 10.9 Å². The summed E-state index contributed by atoms with van der Waals surface area (Å²) in [6.07, 6.45) is 1.87. The maximum absolute atomic E-state index is 9.86. The van der Waals surface area contributed by atoms with Gasteiger partial charge in [-0.15, -0.1) is 0 Å². The third-order valence-electron chi connectivity index (χ3n) is 2.28. The zero-order chi connectivity index (χ0) is 16.1. The molecule has 2 rings (SSSR count). The molecule has 8 nitrogen and oxygen atoms in total. The molecule has 21 heavy (non-hydrogen) atoms. The van der Waals surface area contributed by atoms with E-state index in [9.17, 15) is 16.8 Å². The van der Waals surface area contributed by atoms with Crippen LogP contribution in [0.25, 0.3) is 10.9 Å². The van der Waals surface area contributed by atoms with E-state index in [2.05, 4.69) is 11.1 Å². The van der Waals surface area contributed by atoms with Gasteiger partial charge in [-0.05, 0) is 24.3 Å². The highest BCUT2D eigenvalue weighted by Gasteiger charge is 2.11. The van der Waals surface area contributed by atoms with Crippen molar-refractivity contribution in [3.05, 3.63) is 36.0 Å². The summed E-state index contributed by atoms with van der Waals surface area (Å²) in [6.45, 7) is 0. The molecule has 10 heteroatoms. The molecule has 0 unspecified atom stereocenters. The highest BCUT2D eigenvalue weighted by Crippen LogP contribution is 2.12. The molecule has 0 amide bonds. The lowest BCUT2D eigenvalue weighted by molar-refractivity contribution is 0.472. The van der Waals surface area contributed by atoms with Gasteiger partial charge in [0.2, 0.25) is 0 Å². The van der Waals surface area contributed by atoms with Crippen molar-refractivity contribution in [3.8, 4) is 6.07 Å². The Morgan fingerprint density at radius 1 is 1.05 bits per heavy atom. The minimum absolute atomic E-state index is 0.706. The van der Waals surface area contributed by atoms with Crippen molar-refractivity contribution in [2.45, 2.75) is 0 Å². The number of fused-ring (bicyclic) bond motifs is 1. The lowest BCUT2D eigenvalue weighted by Crippen LogP contribution is -2.15. The van der Waals surface area contributed by atoms with Gasteiger partial charge in [-0.1, -0.05) is 0 Å². The Kier molecular flexibility index (Phi) is 5.45. The minimum atomic E-state index is -4.30. The molecule has 0 radical (unpaired) electrons. The van der Waals surface area contributed by atoms with Gasteiger partial charge in [0.15, 0.2) is 0 Å². The fourth-order valence-electron chi connectivity index (χ4n) is 1.33. The van der Waals surface area contributed by atoms with Gasteiger partial charge in [-0.25, -0.2) is 0 Å². The van der Waals surface area contributed by atoms with Gasteiger partial charge in [-0.2, -0.15) is 22.1 Å². The molecule has 0 fully saturated rings. The molecule has 1 aromatic heterocycles. The van der Waals surface area contributed by atoms with Gasteiger partial charge in [0.1, 0.15) is 0 Å². The van der Waals surface area contributed by atoms with Crippen LogP contribution in [0.5, 0.6) is 0 Å². The third kappa shape index (κ3) is 6.87. The largest absolute Gasteiger partial charge is 0.361 e. The molecule has 0 aliphatic rings. The average molecular weight is 332 g/mol. The number of aromatic amines is 1. The molecule has 0 spiro atoms. The molecule has 0 atom stereocenters. The molecular weight excluding hydrogens is 320 g/mol. The standard InChI is InChI=1S/C9H6N2.C2H6O6S2/c10-6-7-1-2-9-8(5-7)3-4-11-9;3-9(4,5)1-2-10(6,7)8/h1-5,11H;1-2H2,(H,3,4,5)(H,6,7,8). The maximum atomic E-state index is 9.86. The van der Waals surface area contributed by atoms with Crippen molar-refractivity contribution < 1.29 is 25.9 Å². The Morgan fingerprint density at radius 2 is 1.62 bits per heavy atom. The molecule has 0 aliphatic carbocycles. The second-order valence-electron chi connectivity index (χ2n) is 3.96. The van der Waals surface area contributed by atoms with Crippen LogP contribution in [0.1, 0.15) is 5.56 Å². The summed E-state index contributed by atoms with van der Waals surface area (Å²) in [7, 11) is -8.59. The predicted octanol–water partition coefficient (Wildman–Crippen LogP) is 0.802. The first-order valence-corrected chi connectivity index (χ1v) is 8.70. The Balaban J connectivity index is 0.000000212. The Bertz CT molecular complexity index is 829. The Labute approximate surface area is 121 Å². The number of aromatic nitrogens is 1. The zero-order valence-electron chi connectivity index (χ0n) is 10.6. The molecule has 3 N–H and O–H groups in total. The molecule has 0 aliphatic heterocycles. The topological polar surface area (TPSA) is 148 Å². The van der Waals surface area contributed by atoms with Crippen LogP contribution in [-0.4, -0.2) is 42.4 Å². The molecule has 1 heterocycles. The second kappa shape index (κ2) is 6.68. The lowest BCUT2D eigenvalue weighted by atomic mass is 10.2. The van der Waals surface area contributed by atoms with E-state index in [-0.39, 0.29) is 0 Å². The van der Waals surface area contributed by atoms with E-state index in [0.29, 0.717) is 5.56 Å². The van der Waals surface area contributed by atoms with Gasteiger partial charge in [0.05, 0.1) is 23.1 Å². The first-order valence-electron chi connectivity index (χ1n) is 5.48. The summed E-state index contributed by atoms with van der Waals surface area (Å²) in [4.78, 5) is 3.06. The van der Waals surface area contributed by atoms with Crippen molar-refractivity contribution in [1.29, 1.82) is 5.26 Å². The smallest absolute Gasteiger partial charge is 0.265 e. The first kappa shape index (κ1) is 17.1. The summed E-state index contributed by atoms with van der Waals surface area (Å²) < 4.78 is 55.4. The van der Waals surface area contributed by atoms with Crippen LogP contribution in [0.4, 0.5) is 0 Å². The number of H-pyrrole nitrogens is 1. The van der Waals surface area contributed by atoms with Gasteiger partial charge in [0, 0.05) is 17.1 Å². The number of rotatable bonds is 3. The SMILES string of the molecule is N#Cc1ccc2[nH]ccc2c1.O=S(=O)(O)CCS(=O)(=O)O. The molecule has 1 aromatic carbocycles. The van der Waals surface area contributed by atoms with Crippen LogP contribution in [0.3, 0.4) is 0 Å². The van der Waals surface area contributed by atoms with Crippen LogP contribution in [0, 0.1) is 11.3 Å². The molecule has 0 bridgehead atoms. The highest BCUT2D eigenvalue weighted by molar-refractivity contribution is 7.89. The van der Waals surface area contributed by atoms with Crippen molar-refractivity contribution in [3.63, 3.8) is 0 Å². The average Bonchev–Trinajstić information content (AvgIpc) is 2.82. The lowest BCUT2D eigenvalue weighted by Gasteiger charge is -1.92. The molecule has 0 saturated heterocycles. The van der Waals surface area contributed by atoms with Crippen LogP contribution >= 0.6 is 0 Å². The Hall–Kier alpha value is -1.93. The van der Waals surface area contributed by atoms with Crippen LogP contribution in [0.15, 0.2) is 30.5 Å². The quantitative estimate of drug-likeness (QED) is 0.704. The number of nitrogens with one attached hydrogen (secondary N) is 1. The summed E-state index contributed by atoms with van der Waals surface area (Å²) in [5.74, 6) is -1.96. The minimum Gasteiger partial charge on any atom is -0.361 e. The Morgan fingerprint density at radius 3 is 2.10 bits per heavy atom. The van der Waals surface area contributed by atoms with Gasteiger partial charge in [0.25, 0.3) is 20.2 Å². The molecule has 2 aromatic rings. The summed E-state index contributed by atoms with van der Waals surface area (Å²) >= 11 is 0. The van der Waals surface area contributed by atoms with Gasteiger partial charge < -0.3 is 4.98 Å². The third-order valence-corrected chi connectivity index (χ3v) is 3.98. The first-order chi connectivity index (χ1) is 9.61. The van der Waals surface area contributed by atoms with Gasteiger partial charge in [-0.3, -0.25) is 9.11 Å². The fraction of sp³-hybridized carbons (Fsp3) is 0.182. The van der Waals surface area contributed by atoms with E-state index < -0.39 is 31.7 Å². The summed E-state index contributed by atoms with van der Waals surface area (Å²) in [5.41, 5.74) is 1.78. The van der Waals surface area contributed by atoms with Crippen molar-refractivity contribution >= 4 is 31.1 Å². The van der Waals surface area contributed by atoms with Crippen LogP contribution in [0.2, 0.25) is 0 Å². The van der Waals surface area contributed by atoms with E-state index >= 15 is 0 Å². The fourth-order valence-corrected chi connectivity index (χ4v) is 3.02. The normalized spacial score (nSPS) is 11.5. The van der Waals surface area contributed by atoms with E-state index in [1.165, 1.54) is 0 Å². The van der Waals surface area contributed by atoms with E-state index in [1.807, 2.05) is 24.4 Å². The van der Waals surface area contributed by atoms with Crippen molar-refractivity contribution in [2.24, 2.45) is 0 Å². The van der Waals surface area contributed by atoms with E-state index in [4.69, 9.17) is 14.4 Å². The number of nitriles is 1. The zero-order valence-corrected chi connectivity index (χ0v) is 12.2. The number of benzene rings is 1. The molecule has 0 saturated carbocycles. The maximum Gasteiger partial charge on any atom is 0.265 e. The predicted molar refractivity (Wildman–Crippen MR) is 75.8 cm³/mol. The second-order valence-corrected chi connectivity index (χ2v) is 7.11. The number of hydrogen-bond donors (Lipinski definition) is 3. The summed E-state index contributed by atoms with van der Waals surface area (Å²) in [5, 5.41) is 9.66. The highest BCUT2D eigenvalue weighted by atomic mass is 32.2. The number of nitrogens with zero attached hydrogens (tertiary/aromatic N) is 1. The number of hydrogen-bond acceptors (Lipinski definition) is 5. The van der Waals surface area contributed by atoms with Crippen LogP contribution < -0.4 is 0 Å². The monoisotopic (exact) mass is 332 g/mol. The van der Waals surface area contributed by atoms with Gasteiger partial charge >= 0.3 is 0 Å². The van der Waals surface area contributed by atoms with Crippen molar-refractivity contribution in [1.82, 2.24) is 4.98 Å². The van der Waals surface area contributed by atoms with E-state index in [1.54, 1.807) is 6.07 Å². The van der Waals surface area contributed by atoms with Crippen molar-refractivity contribution in [2.75, 3.05) is 11.5 Å². The molecule has 114 valence electrons.